The van der Waals surface area contributed by atoms with Crippen LogP contribution >= 0.6 is 0 Å². The number of rotatable bonds is 4. The van der Waals surface area contributed by atoms with Gasteiger partial charge >= 0.3 is 5.97 Å². The normalized spacial score (nSPS) is 10.2. The smallest absolute Gasteiger partial charge is 0.343 e. The topological polar surface area (TPSA) is 26.3 Å². The molecule has 0 aliphatic rings. The minimum Gasteiger partial charge on any atom is -0.423 e. The van der Waals surface area contributed by atoms with Crippen molar-refractivity contribution in [2.24, 2.45) is 0 Å². The van der Waals surface area contributed by atoms with Gasteiger partial charge in [0, 0.05) is 0 Å². The number of esters is 1. The lowest BCUT2D eigenvalue weighted by molar-refractivity contribution is 0.0734. The Morgan fingerprint density at radius 2 is 1.89 bits per heavy atom. The molecule has 0 aliphatic heterocycles. The maximum atomic E-state index is 13.0. The summed E-state index contributed by atoms with van der Waals surface area (Å²) in [7, 11) is 0. The van der Waals surface area contributed by atoms with Crippen molar-refractivity contribution in [3.63, 3.8) is 0 Å². The number of halogens is 1. The number of hydrogen-bond donors (Lipinski definition) is 0. The molecule has 98 valence electrons. The molecule has 0 unspecified atom stereocenters. The minimum absolute atomic E-state index is 0.206. The lowest BCUT2D eigenvalue weighted by Gasteiger charge is -2.05. The quantitative estimate of drug-likeness (QED) is 0.612. The van der Waals surface area contributed by atoms with Gasteiger partial charge in [0.1, 0.15) is 11.6 Å². The third kappa shape index (κ3) is 3.65. The van der Waals surface area contributed by atoms with E-state index in [0.717, 1.165) is 18.9 Å². The molecule has 0 saturated heterocycles. The van der Waals surface area contributed by atoms with Gasteiger partial charge < -0.3 is 4.74 Å². The highest BCUT2D eigenvalue weighted by Gasteiger charge is 2.09. The number of aryl methyl sites for hydroxylation is 1. The van der Waals surface area contributed by atoms with Gasteiger partial charge in [0.15, 0.2) is 0 Å². The summed E-state index contributed by atoms with van der Waals surface area (Å²) in [5.74, 6) is -0.537. The number of ether oxygens (including phenoxy) is 1. The van der Waals surface area contributed by atoms with Gasteiger partial charge in [-0.2, -0.15) is 0 Å². The van der Waals surface area contributed by atoms with Crippen LogP contribution in [0, 0.1) is 5.82 Å². The van der Waals surface area contributed by atoms with Crippen LogP contribution in [0.25, 0.3) is 0 Å². The molecule has 2 rings (SSSR count). The number of carbonyl (C=O) groups is 1. The first-order chi connectivity index (χ1) is 9.19. The van der Waals surface area contributed by atoms with Crippen LogP contribution in [0.1, 0.15) is 29.3 Å². The summed E-state index contributed by atoms with van der Waals surface area (Å²) in [5.41, 5.74) is 1.41. The van der Waals surface area contributed by atoms with Crippen LogP contribution < -0.4 is 4.74 Å². The molecule has 0 fully saturated rings. The van der Waals surface area contributed by atoms with E-state index in [2.05, 4.69) is 6.92 Å². The van der Waals surface area contributed by atoms with Gasteiger partial charge in [-0.25, -0.2) is 9.18 Å². The fourth-order valence-corrected chi connectivity index (χ4v) is 1.79. The molecule has 0 atom stereocenters. The molecular formula is C16H15FO2. The summed E-state index contributed by atoms with van der Waals surface area (Å²) in [6, 6.07) is 12.8. The van der Waals surface area contributed by atoms with Crippen LogP contribution in [0.4, 0.5) is 4.39 Å². The molecule has 2 nitrogen and oxygen atoms in total. The van der Waals surface area contributed by atoms with E-state index >= 15 is 0 Å². The average Bonchev–Trinajstić information content (AvgIpc) is 2.41. The predicted octanol–water partition coefficient (Wildman–Crippen LogP) is 4.00. The van der Waals surface area contributed by atoms with Crippen LogP contribution in [0.3, 0.4) is 0 Å². The maximum Gasteiger partial charge on any atom is 0.343 e. The van der Waals surface area contributed by atoms with E-state index in [1.54, 1.807) is 12.1 Å². The van der Waals surface area contributed by atoms with Gasteiger partial charge in [-0.05, 0) is 42.3 Å². The van der Waals surface area contributed by atoms with E-state index in [1.807, 2.05) is 12.1 Å². The summed E-state index contributed by atoms with van der Waals surface area (Å²) < 4.78 is 18.2. The summed E-state index contributed by atoms with van der Waals surface area (Å²) in [4.78, 5) is 11.8. The third-order valence-electron chi connectivity index (χ3n) is 2.73. The highest BCUT2D eigenvalue weighted by atomic mass is 19.1. The zero-order valence-electron chi connectivity index (χ0n) is 10.7. The van der Waals surface area contributed by atoms with E-state index in [4.69, 9.17) is 4.74 Å². The Balaban J connectivity index is 2.06. The fourth-order valence-electron chi connectivity index (χ4n) is 1.79. The highest BCUT2D eigenvalue weighted by molar-refractivity contribution is 5.91. The Hall–Kier alpha value is -2.16. The van der Waals surface area contributed by atoms with E-state index in [0.29, 0.717) is 5.75 Å². The SMILES string of the molecule is CCCc1ccc(OC(=O)c2cccc(F)c2)cc1. The Kier molecular flexibility index (Phi) is 4.29. The van der Waals surface area contributed by atoms with Crippen LogP contribution in [0.15, 0.2) is 48.5 Å². The van der Waals surface area contributed by atoms with Crippen LogP contribution in [0.5, 0.6) is 5.75 Å². The van der Waals surface area contributed by atoms with Gasteiger partial charge in [0.05, 0.1) is 5.56 Å². The Labute approximate surface area is 111 Å². The Morgan fingerprint density at radius 1 is 1.16 bits per heavy atom. The zero-order chi connectivity index (χ0) is 13.7. The molecule has 0 saturated carbocycles. The largest absolute Gasteiger partial charge is 0.423 e. The summed E-state index contributed by atoms with van der Waals surface area (Å²) >= 11 is 0. The molecule has 3 heteroatoms. The maximum absolute atomic E-state index is 13.0. The molecule has 0 N–H and O–H groups in total. The molecule has 0 amide bonds. The van der Waals surface area contributed by atoms with Crippen molar-refractivity contribution in [3.8, 4) is 5.75 Å². The average molecular weight is 258 g/mol. The van der Waals surface area contributed by atoms with Crippen molar-refractivity contribution in [2.75, 3.05) is 0 Å². The first kappa shape index (κ1) is 13.3. The second kappa shape index (κ2) is 6.14. The van der Waals surface area contributed by atoms with Gasteiger partial charge in [-0.3, -0.25) is 0 Å². The van der Waals surface area contributed by atoms with Crippen molar-refractivity contribution in [3.05, 3.63) is 65.5 Å². The number of carbonyl (C=O) groups excluding carboxylic acids is 1. The van der Waals surface area contributed by atoms with Crippen molar-refractivity contribution in [1.82, 2.24) is 0 Å². The van der Waals surface area contributed by atoms with Crippen molar-refractivity contribution in [1.29, 1.82) is 0 Å². The number of benzene rings is 2. The van der Waals surface area contributed by atoms with Crippen LogP contribution in [0.2, 0.25) is 0 Å². The molecule has 19 heavy (non-hydrogen) atoms. The van der Waals surface area contributed by atoms with Crippen molar-refractivity contribution < 1.29 is 13.9 Å². The van der Waals surface area contributed by atoms with Crippen molar-refractivity contribution >= 4 is 5.97 Å². The first-order valence-corrected chi connectivity index (χ1v) is 6.25. The second-order valence-corrected chi connectivity index (χ2v) is 4.29. The monoisotopic (exact) mass is 258 g/mol. The molecule has 2 aromatic rings. The van der Waals surface area contributed by atoms with Crippen molar-refractivity contribution in [2.45, 2.75) is 19.8 Å². The molecule has 0 heterocycles. The summed E-state index contributed by atoms with van der Waals surface area (Å²) in [5, 5.41) is 0. The predicted molar refractivity (Wildman–Crippen MR) is 71.8 cm³/mol. The first-order valence-electron chi connectivity index (χ1n) is 6.25. The zero-order valence-corrected chi connectivity index (χ0v) is 10.7. The van der Waals surface area contributed by atoms with Crippen LogP contribution in [-0.4, -0.2) is 5.97 Å². The second-order valence-electron chi connectivity index (χ2n) is 4.29. The lowest BCUT2D eigenvalue weighted by atomic mass is 10.1. The van der Waals surface area contributed by atoms with E-state index < -0.39 is 11.8 Å². The molecule has 0 aliphatic carbocycles. The lowest BCUT2D eigenvalue weighted by Crippen LogP contribution is -2.08. The molecule has 0 bridgehead atoms. The van der Waals surface area contributed by atoms with Crippen LogP contribution in [-0.2, 0) is 6.42 Å². The van der Waals surface area contributed by atoms with Gasteiger partial charge in [0.25, 0.3) is 0 Å². The van der Waals surface area contributed by atoms with E-state index in [9.17, 15) is 9.18 Å². The van der Waals surface area contributed by atoms with E-state index in [1.165, 1.54) is 23.8 Å². The summed E-state index contributed by atoms with van der Waals surface area (Å²) in [6.07, 6.45) is 2.07. The highest BCUT2D eigenvalue weighted by Crippen LogP contribution is 2.15. The minimum atomic E-state index is -0.553. The molecule has 0 aromatic heterocycles. The van der Waals surface area contributed by atoms with Gasteiger partial charge in [0.2, 0.25) is 0 Å². The summed E-state index contributed by atoms with van der Waals surface area (Å²) in [6.45, 7) is 2.11. The molecule has 2 aromatic carbocycles. The Morgan fingerprint density at radius 3 is 2.53 bits per heavy atom. The molecule has 0 spiro atoms. The third-order valence-corrected chi connectivity index (χ3v) is 2.73. The Bertz CT molecular complexity index is 561. The fraction of sp³-hybridized carbons (Fsp3) is 0.188. The number of hydrogen-bond acceptors (Lipinski definition) is 2. The van der Waals surface area contributed by atoms with Gasteiger partial charge in [-0.1, -0.05) is 31.5 Å². The standard InChI is InChI=1S/C16H15FO2/c1-2-4-12-7-9-15(10-8-12)19-16(18)13-5-3-6-14(17)11-13/h3,5-11H,2,4H2,1H3. The molecular weight excluding hydrogens is 243 g/mol. The van der Waals surface area contributed by atoms with Gasteiger partial charge in [-0.15, -0.1) is 0 Å². The van der Waals surface area contributed by atoms with E-state index in [-0.39, 0.29) is 5.56 Å². The molecule has 0 radical (unpaired) electrons.